The van der Waals surface area contributed by atoms with Crippen molar-refractivity contribution in [1.82, 2.24) is 0 Å². The average molecular weight is 212 g/mol. The van der Waals surface area contributed by atoms with Gasteiger partial charge in [0.2, 0.25) is 0 Å². The Bertz CT molecular complexity index is 527. The summed E-state index contributed by atoms with van der Waals surface area (Å²) in [7, 11) is 0. The highest BCUT2D eigenvalue weighted by Gasteiger charge is 2.09. The summed E-state index contributed by atoms with van der Waals surface area (Å²) in [4.78, 5) is 0. The Balaban J connectivity index is 2.66. The van der Waals surface area contributed by atoms with Gasteiger partial charge in [-0.15, -0.1) is 0 Å². The summed E-state index contributed by atoms with van der Waals surface area (Å²) in [5, 5.41) is 10.2. The molecule has 0 heterocycles. The van der Waals surface area contributed by atoms with Crippen LogP contribution >= 0.6 is 0 Å². The minimum Gasteiger partial charge on any atom is -0.507 e. The first-order chi connectivity index (χ1) is 7.61. The molecule has 0 saturated carbocycles. The van der Waals surface area contributed by atoms with Gasteiger partial charge >= 0.3 is 0 Å². The van der Waals surface area contributed by atoms with Crippen molar-refractivity contribution in [2.24, 2.45) is 0 Å². The van der Waals surface area contributed by atoms with E-state index < -0.39 is 0 Å². The van der Waals surface area contributed by atoms with Crippen LogP contribution in [0.3, 0.4) is 0 Å². The fourth-order valence-electron chi connectivity index (χ4n) is 1.89. The smallest absolute Gasteiger partial charge is 0.126 e. The summed E-state index contributed by atoms with van der Waals surface area (Å²) in [6.45, 7) is 6.02. The SMILES string of the molecule is Cc1ccccc1-c1ccc(C)c(C)c1O. The molecule has 0 aliphatic heterocycles. The van der Waals surface area contributed by atoms with Gasteiger partial charge in [-0.25, -0.2) is 0 Å². The number of phenols is 1. The first-order valence-electron chi connectivity index (χ1n) is 5.46. The van der Waals surface area contributed by atoms with Crippen molar-refractivity contribution in [1.29, 1.82) is 0 Å². The number of benzene rings is 2. The average Bonchev–Trinajstić information content (AvgIpc) is 2.28. The van der Waals surface area contributed by atoms with E-state index in [9.17, 15) is 5.11 Å². The van der Waals surface area contributed by atoms with Crippen LogP contribution in [0.2, 0.25) is 0 Å². The lowest BCUT2D eigenvalue weighted by molar-refractivity contribution is 0.472. The van der Waals surface area contributed by atoms with Crippen molar-refractivity contribution < 1.29 is 5.11 Å². The normalized spacial score (nSPS) is 10.4. The molecular formula is C15H16O. The molecule has 0 amide bonds. The second-order valence-corrected chi connectivity index (χ2v) is 4.22. The quantitative estimate of drug-likeness (QED) is 0.758. The second kappa shape index (κ2) is 4.01. The topological polar surface area (TPSA) is 20.2 Å². The third kappa shape index (κ3) is 1.69. The van der Waals surface area contributed by atoms with E-state index >= 15 is 0 Å². The molecule has 2 aromatic rings. The molecule has 1 nitrogen and oxygen atoms in total. The highest BCUT2D eigenvalue weighted by atomic mass is 16.3. The van der Waals surface area contributed by atoms with Crippen LogP contribution in [0.5, 0.6) is 5.75 Å². The molecule has 0 spiro atoms. The molecule has 2 aromatic carbocycles. The maximum atomic E-state index is 10.2. The van der Waals surface area contributed by atoms with Crippen molar-refractivity contribution in [3.8, 4) is 16.9 Å². The Hall–Kier alpha value is -1.76. The molecule has 0 aliphatic carbocycles. The van der Waals surface area contributed by atoms with Gasteiger partial charge in [0.1, 0.15) is 5.75 Å². The summed E-state index contributed by atoms with van der Waals surface area (Å²) in [6.07, 6.45) is 0. The van der Waals surface area contributed by atoms with E-state index in [2.05, 4.69) is 19.1 Å². The second-order valence-electron chi connectivity index (χ2n) is 4.22. The largest absolute Gasteiger partial charge is 0.507 e. The molecule has 0 unspecified atom stereocenters. The molecule has 2 rings (SSSR count). The standard InChI is InChI=1S/C15H16O/c1-10-8-9-14(15(16)12(10)3)13-7-5-4-6-11(13)2/h4-9,16H,1-3H3. The van der Waals surface area contributed by atoms with Crippen molar-refractivity contribution in [2.75, 3.05) is 0 Å². The van der Waals surface area contributed by atoms with Gasteiger partial charge in [0.15, 0.2) is 0 Å². The van der Waals surface area contributed by atoms with Gasteiger partial charge in [-0.3, -0.25) is 0 Å². The highest BCUT2D eigenvalue weighted by Crippen LogP contribution is 2.34. The third-order valence-electron chi connectivity index (χ3n) is 3.14. The van der Waals surface area contributed by atoms with Crippen LogP contribution in [0.4, 0.5) is 0 Å². The number of aryl methyl sites for hydroxylation is 2. The van der Waals surface area contributed by atoms with Gasteiger partial charge in [-0.05, 0) is 43.0 Å². The summed E-state index contributed by atoms with van der Waals surface area (Å²) in [6, 6.07) is 12.1. The van der Waals surface area contributed by atoms with Crippen molar-refractivity contribution in [2.45, 2.75) is 20.8 Å². The van der Waals surface area contributed by atoms with Gasteiger partial charge in [-0.2, -0.15) is 0 Å². The molecule has 1 N–H and O–H groups in total. The lowest BCUT2D eigenvalue weighted by Crippen LogP contribution is -1.88. The van der Waals surface area contributed by atoms with Gasteiger partial charge < -0.3 is 5.11 Å². The molecule has 16 heavy (non-hydrogen) atoms. The van der Waals surface area contributed by atoms with Gasteiger partial charge in [-0.1, -0.05) is 36.4 Å². The van der Waals surface area contributed by atoms with Crippen LogP contribution in [-0.2, 0) is 0 Å². The monoisotopic (exact) mass is 212 g/mol. The molecule has 0 saturated heterocycles. The lowest BCUT2D eigenvalue weighted by atomic mass is 9.96. The van der Waals surface area contributed by atoms with Gasteiger partial charge in [0.05, 0.1) is 0 Å². The molecular weight excluding hydrogens is 196 g/mol. The first-order valence-corrected chi connectivity index (χ1v) is 5.46. The Labute approximate surface area is 96.4 Å². The number of phenolic OH excluding ortho intramolecular Hbond substituents is 1. The lowest BCUT2D eigenvalue weighted by Gasteiger charge is -2.11. The Morgan fingerprint density at radius 2 is 1.44 bits per heavy atom. The zero-order valence-electron chi connectivity index (χ0n) is 9.91. The Kier molecular flexibility index (Phi) is 2.69. The van der Waals surface area contributed by atoms with Crippen LogP contribution in [-0.4, -0.2) is 5.11 Å². The van der Waals surface area contributed by atoms with Crippen LogP contribution < -0.4 is 0 Å². The van der Waals surface area contributed by atoms with E-state index in [0.717, 1.165) is 22.3 Å². The van der Waals surface area contributed by atoms with Crippen LogP contribution in [0.1, 0.15) is 16.7 Å². The summed E-state index contributed by atoms with van der Waals surface area (Å²) in [5.41, 5.74) is 5.28. The highest BCUT2D eigenvalue weighted by molar-refractivity contribution is 5.74. The van der Waals surface area contributed by atoms with Gasteiger partial charge in [0.25, 0.3) is 0 Å². The van der Waals surface area contributed by atoms with E-state index in [1.165, 1.54) is 5.56 Å². The minimum atomic E-state index is 0.398. The predicted molar refractivity (Wildman–Crippen MR) is 67.8 cm³/mol. The molecule has 1 heteroatoms. The Morgan fingerprint density at radius 1 is 0.750 bits per heavy atom. The predicted octanol–water partition coefficient (Wildman–Crippen LogP) is 3.98. The van der Waals surface area contributed by atoms with E-state index in [4.69, 9.17) is 0 Å². The van der Waals surface area contributed by atoms with Crippen LogP contribution in [0.15, 0.2) is 36.4 Å². The molecule has 82 valence electrons. The number of hydrogen-bond acceptors (Lipinski definition) is 1. The Morgan fingerprint density at radius 3 is 2.12 bits per heavy atom. The van der Waals surface area contributed by atoms with Crippen molar-refractivity contribution in [3.63, 3.8) is 0 Å². The third-order valence-corrected chi connectivity index (χ3v) is 3.14. The summed E-state index contributed by atoms with van der Waals surface area (Å²) in [5.74, 6) is 0.398. The van der Waals surface area contributed by atoms with Crippen LogP contribution in [0.25, 0.3) is 11.1 Å². The summed E-state index contributed by atoms with van der Waals surface area (Å²) >= 11 is 0. The zero-order valence-corrected chi connectivity index (χ0v) is 9.91. The minimum absolute atomic E-state index is 0.398. The number of aromatic hydroxyl groups is 1. The molecule has 0 atom stereocenters. The van der Waals surface area contributed by atoms with E-state index in [0.29, 0.717) is 5.75 Å². The molecule has 0 fully saturated rings. The zero-order chi connectivity index (χ0) is 11.7. The van der Waals surface area contributed by atoms with E-state index in [1.54, 1.807) is 0 Å². The maximum Gasteiger partial charge on any atom is 0.126 e. The molecule has 0 bridgehead atoms. The van der Waals surface area contributed by atoms with E-state index in [-0.39, 0.29) is 0 Å². The fourth-order valence-corrected chi connectivity index (χ4v) is 1.89. The van der Waals surface area contributed by atoms with Crippen molar-refractivity contribution in [3.05, 3.63) is 53.1 Å². The first kappa shape index (κ1) is 10.7. The molecule has 0 radical (unpaired) electrons. The number of rotatable bonds is 1. The summed E-state index contributed by atoms with van der Waals surface area (Å²) < 4.78 is 0. The van der Waals surface area contributed by atoms with Crippen molar-refractivity contribution >= 4 is 0 Å². The molecule has 0 aliphatic rings. The van der Waals surface area contributed by atoms with Gasteiger partial charge in [0, 0.05) is 5.56 Å². The maximum absolute atomic E-state index is 10.2. The number of hydrogen-bond donors (Lipinski definition) is 1. The van der Waals surface area contributed by atoms with Crippen LogP contribution in [0, 0.1) is 20.8 Å². The fraction of sp³-hybridized carbons (Fsp3) is 0.200. The van der Waals surface area contributed by atoms with E-state index in [1.807, 2.05) is 38.1 Å². The molecule has 0 aromatic heterocycles.